The molecule has 2 saturated carbocycles. The van der Waals surface area contributed by atoms with E-state index in [2.05, 4.69) is 13.8 Å². The van der Waals surface area contributed by atoms with E-state index >= 15 is 0 Å². The third-order valence-corrected chi connectivity index (χ3v) is 4.82. The maximum absolute atomic E-state index is 12.0. The maximum Gasteiger partial charge on any atom is 0.302 e. The van der Waals surface area contributed by atoms with Gasteiger partial charge < -0.3 is 4.74 Å². The van der Waals surface area contributed by atoms with E-state index in [0.29, 0.717) is 12.3 Å². The Kier molecular flexibility index (Phi) is 2.01. The maximum atomic E-state index is 12.0. The van der Waals surface area contributed by atoms with E-state index in [1.165, 1.54) is 6.92 Å². The van der Waals surface area contributed by atoms with E-state index < -0.39 is 5.41 Å². The summed E-state index contributed by atoms with van der Waals surface area (Å²) in [6.45, 7) is 7.60. The van der Waals surface area contributed by atoms with Gasteiger partial charge in [-0.05, 0) is 24.7 Å². The van der Waals surface area contributed by atoms with Gasteiger partial charge in [-0.1, -0.05) is 13.8 Å². The molecule has 0 aromatic heterocycles. The lowest BCUT2D eigenvalue weighted by atomic mass is 9.69. The van der Waals surface area contributed by atoms with Crippen LogP contribution in [0.1, 0.15) is 40.5 Å². The van der Waals surface area contributed by atoms with Crippen LogP contribution in [-0.4, -0.2) is 17.9 Å². The Hall–Kier alpha value is -0.860. The number of esters is 1. The fourth-order valence-corrected chi connectivity index (χ4v) is 3.31. The lowest BCUT2D eigenvalue weighted by molar-refractivity contribution is -0.158. The highest BCUT2D eigenvalue weighted by Gasteiger charge is 2.67. The summed E-state index contributed by atoms with van der Waals surface area (Å²) in [7, 11) is 0. The Balaban J connectivity index is 2.34. The van der Waals surface area contributed by atoms with Crippen molar-refractivity contribution in [3.63, 3.8) is 0 Å². The summed E-state index contributed by atoms with van der Waals surface area (Å²) in [4.78, 5) is 23.0. The number of ketones is 1. The molecule has 0 N–H and O–H groups in total. The molecule has 0 aliphatic heterocycles. The zero-order valence-corrected chi connectivity index (χ0v) is 9.79. The fourth-order valence-electron chi connectivity index (χ4n) is 3.31. The van der Waals surface area contributed by atoms with E-state index in [9.17, 15) is 9.59 Å². The number of fused-ring (bicyclic) bond motifs is 2. The summed E-state index contributed by atoms with van der Waals surface area (Å²) in [5.41, 5.74) is -0.506. The molecule has 3 heteroatoms. The standard InChI is InChI=1S/C12H18O3/c1-7(13)15-10-6-8-5-9(14)12(10,4)11(8,2)3/h8,10H,5-6H2,1-4H3/t8-,10-,12+/m0/s1. The van der Waals surface area contributed by atoms with Crippen LogP contribution in [-0.2, 0) is 14.3 Å². The van der Waals surface area contributed by atoms with Gasteiger partial charge in [0.25, 0.3) is 0 Å². The van der Waals surface area contributed by atoms with Crippen molar-refractivity contribution in [2.24, 2.45) is 16.7 Å². The molecule has 2 rings (SSSR count). The van der Waals surface area contributed by atoms with Crippen LogP contribution in [0.4, 0.5) is 0 Å². The van der Waals surface area contributed by atoms with Gasteiger partial charge in [0.15, 0.2) is 0 Å². The van der Waals surface area contributed by atoms with Crippen LogP contribution in [0.2, 0.25) is 0 Å². The Morgan fingerprint density at radius 1 is 1.40 bits per heavy atom. The summed E-state index contributed by atoms with van der Waals surface area (Å²) in [6, 6.07) is 0. The highest BCUT2D eigenvalue weighted by atomic mass is 16.5. The molecule has 0 aromatic carbocycles. The average Bonchev–Trinajstić information content (AvgIpc) is 2.35. The van der Waals surface area contributed by atoms with Crippen LogP contribution >= 0.6 is 0 Å². The monoisotopic (exact) mass is 210 g/mol. The number of hydrogen-bond donors (Lipinski definition) is 0. The summed E-state index contributed by atoms with van der Waals surface area (Å²) >= 11 is 0. The first-order chi connectivity index (χ1) is 6.80. The summed E-state index contributed by atoms with van der Waals surface area (Å²) < 4.78 is 5.29. The SMILES string of the molecule is CC(=O)O[C@H]1C[C@@H]2CC(=O)[C@@]1(C)C2(C)C. The molecule has 2 bridgehead atoms. The molecule has 0 radical (unpaired) electrons. The predicted molar refractivity (Wildman–Crippen MR) is 55.2 cm³/mol. The second kappa shape index (κ2) is 2.83. The first-order valence-electron chi connectivity index (χ1n) is 5.50. The van der Waals surface area contributed by atoms with Crippen LogP contribution in [0.3, 0.4) is 0 Å². The molecule has 0 unspecified atom stereocenters. The number of ether oxygens (including phenoxy) is 1. The molecule has 2 fully saturated rings. The highest BCUT2D eigenvalue weighted by molar-refractivity contribution is 5.90. The molecule has 3 atom stereocenters. The number of carbonyl (C=O) groups is 2. The molecule has 0 amide bonds. The molecule has 15 heavy (non-hydrogen) atoms. The van der Waals surface area contributed by atoms with E-state index in [1.807, 2.05) is 6.92 Å². The number of Topliss-reactive ketones (excluding diaryl/α,β-unsaturated/α-hetero) is 1. The van der Waals surface area contributed by atoms with Gasteiger partial charge in [-0.15, -0.1) is 0 Å². The number of hydrogen-bond acceptors (Lipinski definition) is 3. The van der Waals surface area contributed by atoms with Gasteiger partial charge in [-0.3, -0.25) is 9.59 Å². The highest BCUT2D eigenvalue weighted by Crippen LogP contribution is 2.64. The Morgan fingerprint density at radius 2 is 2.00 bits per heavy atom. The van der Waals surface area contributed by atoms with Gasteiger partial charge in [-0.25, -0.2) is 0 Å². The Bertz CT molecular complexity index is 332. The van der Waals surface area contributed by atoms with Gasteiger partial charge in [0.05, 0.1) is 5.41 Å². The Labute approximate surface area is 90.2 Å². The van der Waals surface area contributed by atoms with Gasteiger partial charge in [0, 0.05) is 13.3 Å². The van der Waals surface area contributed by atoms with Crippen molar-refractivity contribution >= 4 is 11.8 Å². The first-order valence-corrected chi connectivity index (χ1v) is 5.50. The topological polar surface area (TPSA) is 43.4 Å². The van der Waals surface area contributed by atoms with Crippen LogP contribution in [0.5, 0.6) is 0 Å². The normalized spacial score (nSPS) is 42.0. The van der Waals surface area contributed by atoms with Gasteiger partial charge in [0.1, 0.15) is 11.9 Å². The van der Waals surface area contributed by atoms with Gasteiger partial charge >= 0.3 is 5.97 Å². The third-order valence-electron chi connectivity index (χ3n) is 4.82. The van der Waals surface area contributed by atoms with Crippen LogP contribution in [0.25, 0.3) is 0 Å². The number of carbonyl (C=O) groups excluding carboxylic acids is 2. The lowest BCUT2D eigenvalue weighted by Gasteiger charge is -2.36. The summed E-state index contributed by atoms with van der Waals surface area (Å²) in [5, 5.41) is 0. The smallest absolute Gasteiger partial charge is 0.302 e. The van der Waals surface area contributed by atoms with Crippen LogP contribution < -0.4 is 0 Å². The summed E-state index contributed by atoms with van der Waals surface area (Å²) in [5.74, 6) is 0.353. The van der Waals surface area contributed by atoms with Crippen molar-refractivity contribution < 1.29 is 14.3 Å². The van der Waals surface area contributed by atoms with Crippen LogP contribution in [0.15, 0.2) is 0 Å². The fraction of sp³-hybridized carbons (Fsp3) is 0.833. The minimum absolute atomic E-state index is 0.0375. The first kappa shape index (κ1) is 10.7. The molecule has 2 aliphatic rings. The van der Waals surface area contributed by atoms with E-state index in [-0.39, 0.29) is 23.3 Å². The second-order valence-corrected chi connectivity index (χ2v) is 5.58. The van der Waals surface area contributed by atoms with Crippen molar-refractivity contribution in [1.29, 1.82) is 0 Å². The zero-order chi connectivity index (χ0) is 11.4. The van der Waals surface area contributed by atoms with Crippen molar-refractivity contribution in [2.75, 3.05) is 0 Å². The van der Waals surface area contributed by atoms with Crippen molar-refractivity contribution in [3.8, 4) is 0 Å². The number of rotatable bonds is 1. The minimum Gasteiger partial charge on any atom is -0.461 e. The molecule has 0 heterocycles. The molecule has 84 valence electrons. The van der Waals surface area contributed by atoms with Crippen molar-refractivity contribution in [1.82, 2.24) is 0 Å². The predicted octanol–water partition coefficient (Wildman–Crippen LogP) is 1.94. The van der Waals surface area contributed by atoms with E-state index in [1.54, 1.807) is 0 Å². The molecular weight excluding hydrogens is 192 g/mol. The molecule has 0 aromatic rings. The van der Waals surface area contributed by atoms with E-state index in [4.69, 9.17) is 4.74 Å². The zero-order valence-electron chi connectivity index (χ0n) is 9.79. The largest absolute Gasteiger partial charge is 0.461 e. The average molecular weight is 210 g/mol. The second-order valence-electron chi connectivity index (χ2n) is 5.58. The van der Waals surface area contributed by atoms with Crippen molar-refractivity contribution in [3.05, 3.63) is 0 Å². The molecule has 0 saturated heterocycles. The van der Waals surface area contributed by atoms with E-state index in [0.717, 1.165) is 6.42 Å². The van der Waals surface area contributed by atoms with Gasteiger partial charge in [-0.2, -0.15) is 0 Å². The van der Waals surface area contributed by atoms with Crippen LogP contribution in [0, 0.1) is 16.7 Å². The van der Waals surface area contributed by atoms with Gasteiger partial charge in [0.2, 0.25) is 0 Å². The Morgan fingerprint density at radius 3 is 2.40 bits per heavy atom. The molecular formula is C12H18O3. The lowest BCUT2D eigenvalue weighted by Crippen LogP contribution is -2.43. The quantitative estimate of drug-likeness (QED) is 0.621. The third kappa shape index (κ3) is 1.12. The molecule has 0 spiro atoms. The minimum atomic E-state index is -0.469. The summed E-state index contributed by atoms with van der Waals surface area (Å²) in [6.07, 6.45) is 1.28. The molecule has 3 nitrogen and oxygen atoms in total. The molecule has 2 aliphatic carbocycles. The van der Waals surface area contributed by atoms with Crippen molar-refractivity contribution in [2.45, 2.75) is 46.6 Å².